The molecule has 27 heavy (non-hydrogen) atoms. The highest BCUT2D eigenvalue weighted by Gasteiger charge is 2.37. The SMILES string of the molecule is Cc1ccc(S(=O)(=O)CCC(=O)N(C2CC2)C(C)c2ccccc2Cl)cc1. The number of rotatable bonds is 7. The van der Waals surface area contributed by atoms with E-state index in [9.17, 15) is 13.2 Å². The van der Waals surface area contributed by atoms with Crippen molar-refractivity contribution >= 4 is 27.3 Å². The lowest BCUT2D eigenvalue weighted by Gasteiger charge is -2.30. The van der Waals surface area contributed by atoms with E-state index >= 15 is 0 Å². The molecule has 2 aromatic rings. The Bertz CT molecular complexity index is 921. The second-order valence-corrected chi connectivity index (χ2v) is 9.63. The van der Waals surface area contributed by atoms with Gasteiger partial charge in [0.2, 0.25) is 5.91 Å². The standard InChI is InChI=1S/C21H24ClNO3S/c1-15-7-11-18(12-8-15)27(25,26)14-13-21(24)23(17-9-10-17)16(2)19-5-3-4-6-20(19)22/h3-8,11-12,16-17H,9-10,13-14H2,1-2H3. The van der Waals surface area contributed by atoms with Crippen LogP contribution in [0.15, 0.2) is 53.4 Å². The maximum Gasteiger partial charge on any atom is 0.224 e. The zero-order valence-electron chi connectivity index (χ0n) is 15.6. The van der Waals surface area contributed by atoms with Gasteiger partial charge in [0.1, 0.15) is 0 Å². The van der Waals surface area contributed by atoms with E-state index in [0.717, 1.165) is 24.0 Å². The van der Waals surface area contributed by atoms with E-state index in [1.54, 1.807) is 24.3 Å². The van der Waals surface area contributed by atoms with Gasteiger partial charge in [0.25, 0.3) is 0 Å². The molecule has 1 aliphatic carbocycles. The highest BCUT2D eigenvalue weighted by atomic mass is 35.5. The van der Waals surface area contributed by atoms with Crippen LogP contribution in [0.2, 0.25) is 5.02 Å². The predicted molar refractivity (Wildman–Crippen MR) is 108 cm³/mol. The lowest BCUT2D eigenvalue weighted by Crippen LogP contribution is -2.36. The van der Waals surface area contributed by atoms with Crippen LogP contribution in [0.3, 0.4) is 0 Å². The first-order chi connectivity index (χ1) is 12.8. The van der Waals surface area contributed by atoms with Crippen LogP contribution in [0.25, 0.3) is 0 Å². The maximum absolute atomic E-state index is 12.9. The lowest BCUT2D eigenvalue weighted by atomic mass is 10.1. The molecule has 0 aliphatic heterocycles. The van der Waals surface area contributed by atoms with E-state index in [4.69, 9.17) is 11.6 Å². The van der Waals surface area contributed by atoms with Crippen LogP contribution in [-0.4, -0.2) is 31.0 Å². The Kier molecular flexibility index (Phi) is 5.92. The normalized spacial score (nSPS) is 15.4. The molecule has 0 heterocycles. The van der Waals surface area contributed by atoms with E-state index < -0.39 is 9.84 Å². The Morgan fingerprint density at radius 2 is 1.78 bits per heavy atom. The number of benzene rings is 2. The van der Waals surface area contributed by atoms with Crippen LogP contribution < -0.4 is 0 Å². The molecule has 0 bridgehead atoms. The Hall–Kier alpha value is -1.85. The average molecular weight is 406 g/mol. The number of nitrogens with zero attached hydrogens (tertiary/aromatic N) is 1. The summed E-state index contributed by atoms with van der Waals surface area (Å²) >= 11 is 6.30. The van der Waals surface area contributed by atoms with Gasteiger partial charge < -0.3 is 4.90 Å². The molecule has 144 valence electrons. The number of carbonyl (C=O) groups excluding carboxylic acids is 1. The molecule has 4 nitrogen and oxygen atoms in total. The van der Waals surface area contributed by atoms with Crippen molar-refractivity contribution in [2.45, 2.75) is 50.1 Å². The second-order valence-electron chi connectivity index (χ2n) is 7.11. The molecule has 1 unspecified atom stereocenters. The van der Waals surface area contributed by atoms with Crippen molar-refractivity contribution in [3.8, 4) is 0 Å². The predicted octanol–water partition coefficient (Wildman–Crippen LogP) is 4.56. The molecule has 1 amide bonds. The summed E-state index contributed by atoms with van der Waals surface area (Å²) in [5, 5.41) is 0.621. The molecule has 6 heteroatoms. The van der Waals surface area contributed by atoms with Crippen LogP contribution in [0.1, 0.15) is 43.4 Å². The minimum Gasteiger partial charge on any atom is -0.333 e. The van der Waals surface area contributed by atoms with Gasteiger partial charge in [-0.3, -0.25) is 4.79 Å². The summed E-state index contributed by atoms with van der Waals surface area (Å²) < 4.78 is 25.1. The molecule has 2 aromatic carbocycles. The van der Waals surface area contributed by atoms with Crippen molar-refractivity contribution < 1.29 is 13.2 Å². The van der Waals surface area contributed by atoms with Crippen LogP contribution in [0, 0.1) is 6.92 Å². The minimum atomic E-state index is -3.48. The van der Waals surface area contributed by atoms with Gasteiger partial charge in [-0.15, -0.1) is 0 Å². The fraction of sp³-hybridized carbons (Fsp3) is 0.381. The van der Waals surface area contributed by atoms with Crippen molar-refractivity contribution in [3.63, 3.8) is 0 Å². The zero-order chi connectivity index (χ0) is 19.6. The van der Waals surface area contributed by atoms with E-state index in [-0.39, 0.29) is 35.1 Å². The molecular weight excluding hydrogens is 382 g/mol. The molecule has 3 rings (SSSR count). The summed E-state index contributed by atoms with van der Waals surface area (Å²) in [6.45, 7) is 3.86. The van der Waals surface area contributed by atoms with Crippen molar-refractivity contribution in [2.75, 3.05) is 5.75 Å². The third kappa shape index (κ3) is 4.71. The van der Waals surface area contributed by atoms with E-state index in [0.29, 0.717) is 5.02 Å². The largest absolute Gasteiger partial charge is 0.333 e. The van der Waals surface area contributed by atoms with Gasteiger partial charge in [0.15, 0.2) is 9.84 Å². The van der Waals surface area contributed by atoms with Crippen molar-refractivity contribution in [3.05, 3.63) is 64.7 Å². The molecule has 1 fully saturated rings. The summed E-state index contributed by atoms with van der Waals surface area (Å²) in [4.78, 5) is 15.0. The topological polar surface area (TPSA) is 54.5 Å². The molecule has 1 atom stereocenters. The number of halogens is 1. The maximum atomic E-state index is 12.9. The van der Waals surface area contributed by atoms with Gasteiger partial charge in [-0.25, -0.2) is 8.42 Å². The first-order valence-electron chi connectivity index (χ1n) is 9.14. The summed E-state index contributed by atoms with van der Waals surface area (Å²) in [7, 11) is -3.48. The molecule has 0 N–H and O–H groups in total. The average Bonchev–Trinajstić information content (AvgIpc) is 3.46. The van der Waals surface area contributed by atoms with Gasteiger partial charge in [-0.1, -0.05) is 47.5 Å². The third-order valence-electron chi connectivity index (χ3n) is 4.97. The number of sulfone groups is 1. The van der Waals surface area contributed by atoms with Gasteiger partial charge in [-0.05, 0) is 50.5 Å². The molecule has 0 saturated heterocycles. The van der Waals surface area contributed by atoms with Crippen LogP contribution in [0.5, 0.6) is 0 Å². The summed E-state index contributed by atoms with van der Waals surface area (Å²) in [5.41, 5.74) is 1.89. The molecule has 0 radical (unpaired) electrons. The third-order valence-corrected chi connectivity index (χ3v) is 7.04. The Morgan fingerprint density at radius 1 is 1.15 bits per heavy atom. The first kappa shape index (κ1) is 19.9. The number of hydrogen-bond acceptors (Lipinski definition) is 3. The van der Waals surface area contributed by atoms with Crippen molar-refractivity contribution in [1.82, 2.24) is 4.90 Å². The van der Waals surface area contributed by atoms with E-state index in [1.165, 1.54) is 0 Å². The van der Waals surface area contributed by atoms with E-state index in [2.05, 4.69) is 0 Å². The lowest BCUT2D eigenvalue weighted by molar-refractivity contribution is -0.133. The van der Waals surface area contributed by atoms with Gasteiger partial charge >= 0.3 is 0 Å². The number of carbonyl (C=O) groups is 1. The van der Waals surface area contributed by atoms with Crippen LogP contribution in [0.4, 0.5) is 0 Å². The molecule has 0 spiro atoms. The number of aryl methyl sites for hydroxylation is 1. The Balaban J connectivity index is 1.73. The van der Waals surface area contributed by atoms with Crippen LogP contribution in [-0.2, 0) is 14.6 Å². The number of amides is 1. The van der Waals surface area contributed by atoms with Gasteiger partial charge in [0, 0.05) is 17.5 Å². The van der Waals surface area contributed by atoms with Crippen molar-refractivity contribution in [1.29, 1.82) is 0 Å². The highest BCUT2D eigenvalue weighted by Crippen LogP contribution is 2.37. The molecule has 1 aliphatic rings. The smallest absolute Gasteiger partial charge is 0.224 e. The molecular formula is C21H24ClNO3S. The quantitative estimate of drug-likeness (QED) is 0.678. The number of hydrogen-bond donors (Lipinski definition) is 0. The summed E-state index contributed by atoms with van der Waals surface area (Å²) in [5.74, 6) is -0.325. The highest BCUT2D eigenvalue weighted by molar-refractivity contribution is 7.91. The van der Waals surface area contributed by atoms with Crippen LogP contribution >= 0.6 is 11.6 Å². The summed E-state index contributed by atoms with van der Waals surface area (Å²) in [6.07, 6.45) is 1.87. The Labute approximate surface area is 166 Å². The van der Waals surface area contributed by atoms with Gasteiger partial charge in [-0.2, -0.15) is 0 Å². The summed E-state index contributed by atoms with van der Waals surface area (Å²) in [6, 6.07) is 14.2. The fourth-order valence-electron chi connectivity index (χ4n) is 3.27. The first-order valence-corrected chi connectivity index (χ1v) is 11.2. The zero-order valence-corrected chi connectivity index (χ0v) is 17.1. The second kappa shape index (κ2) is 8.03. The fourth-order valence-corrected chi connectivity index (χ4v) is 4.79. The van der Waals surface area contributed by atoms with Gasteiger partial charge in [0.05, 0.1) is 16.7 Å². The molecule has 0 aromatic heterocycles. The van der Waals surface area contributed by atoms with E-state index in [1.807, 2.05) is 43.0 Å². The van der Waals surface area contributed by atoms with Crippen molar-refractivity contribution in [2.24, 2.45) is 0 Å². The molecule has 1 saturated carbocycles. The minimum absolute atomic E-state index is 0.0263. The Morgan fingerprint density at radius 3 is 2.37 bits per heavy atom. The monoisotopic (exact) mass is 405 g/mol.